The Morgan fingerprint density at radius 3 is 2.91 bits per heavy atom. The van der Waals surface area contributed by atoms with Gasteiger partial charge in [-0.05, 0) is 62.7 Å². The summed E-state index contributed by atoms with van der Waals surface area (Å²) in [5.41, 5.74) is 2.74. The Hall–Kier alpha value is -1.88. The predicted molar refractivity (Wildman–Crippen MR) is 87.3 cm³/mol. The van der Waals surface area contributed by atoms with E-state index in [1.54, 1.807) is 0 Å². The number of amides is 1. The lowest BCUT2D eigenvalue weighted by Gasteiger charge is -2.23. The summed E-state index contributed by atoms with van der Waals surface area (Å²) < 4.78 is 5.83. The summed E-state index contributed by atoms with van der Waals surface area (Å²) in [6.07, 6.45) is 5.63. The number of hydrogen-bond acceptors (Lipinski definition) is 4. The molecule has 2 saturated carbocycles. The van der Waals surface area contributed by atoms with E-state index in [0.717, 1.165) is 55.0 Å². The van der Waals surface area contributed by atoms with Gasteiger partial charge in [-0.3, -0.25) is 4.79 Å². The van der Waals surface area contributed by atoms with Gasteiger partial charge in [-0.25, -0.2) is 4.98 Å². The van der Waals surface area contributed by atoms with Gasteiger partial charge in [0.25, 0.3) is 0 Å². The Labute approximate surface area is 134 Å². The first kappa shape index (κ1) is 13.5. The highest BCUT2D eigenvalue weighted by atomic mass is 16.3. The van der Waals surface area contributed by atoms with Crippen LogP contribution in [0, 0.1) is 11.3 Å². The first-order valence-corrected chi connectivity index (χ1v) is 8.66. The molecule has 5 nitrogen and oxygen atoms in total. The molecule has 1 amide bonds. The average Bonchev–Trinajstić information content (AvgIpc) is 3.47. The van der Waals surface area contributed by atoms with Crippen molar-refractivity contribution in [3.05, 3.63) is 24.1 Å². The number of rotatable bonds is 3. The molecule has 5 heteroatoms. The molecule has 2 heterocycles. The molecule has 3 fully saturated rings. The van der Waals surface area contributed by atoms with Gasteiger partial charge in [-0.2, -0.15) is 0 Å². The zero-order valence-electron chi connectivity index (χ0n) is 13.1. The second kappa shape index (κ2) is 4.81. The van der Waals surface area contributed by atoms with Gasteiger partial charge in [0.05, 0.1) is 0 Å². The summed E-state index contributed by atoms with van der Waals surface area (Å²) in [5.74, 6) is 1.69. The molecule has 0 radical (unpaired) electrons. The summed E-state index contributed by atoms with van der Waals surface area (Å²) in [4.78, 5) is 17.1. The smallest absolute Gasteiger partial charge is 0.228 e. The van der Waals surface area contributed by atoms with E-state index in [1.165, 1.54) is 12.8 Å². The zero-order chi connectivity index (χ0) is 15.4. The fraction of sp³-hybridized carbons (Fsp3) is 0.556. The number of nitrogens with one attached hydrogen (secondary N) is 2. The molecular formula is C18H21N3O2. The van der Waals surface area contributed by atoms with Crippen molar-refractivity contribution < 1.29 is 9.21 Å². The molecule has 23 heavy (non-hydrogen) atoms. The van der Waals surface area contributed by atoms with E-state index in [9.17, 15) is 4.79 Å². The minimum Gasteiger partial charge on any atom is -0.440 e. The summed E-state index contributed by atoms with van der Waals surface area (Å²) >= 11 is 0. The van der Waals surface area contributed by atoms with E-state index in [0.29, 0.717) is 5.92 Å². The zero-order valence-corrected chi connectivity index (χ0v) is 13.1. The summed E-state index contributed by atoms with van der Waals surface area (Å²) in [7, 11) is 0. The topological polar surface area (TPSA) is 67.2 Å². The van der Waals surface area contributed by atoms with Crippen LogP contribution in [0.3, 0.4) is 0 Å². The lowest BCUT2D eigenvalue weighted by atomic mass is 9.92. The molecule has 1 atom stereocenters. The van der Waals surface area contributed by atoms with E-state index in [1.807, 2.05) is 18.2 Å². The molecule has 120 valence electrons. The molecule has 1 unspecified atom stereocenters. The van der Waals surface area contributed by atoms with Crippen LogP contribution in [-0.2, 0) is 4.79 Å². The molecule has 1 spiro atoms. The SMILES string of the molecule is O=C(Nc1ccc2nc(C3CC3)oc2c1)C1CC12CCNCC2. The normalized spacial score (nSPS) is 25.7. The molecule has 1 saturated heterocycles. The minimum absolute atomic E-state index is 0.160. The third-order valence-electron chi connectivity index (χ3n) is 5.70. The first-order chi connectivity index (χ1) is 11.2. The Bertz CT molecular complexity index is 772. The van der Waals surface area contributed by atoms with Gasteiger partial charge in [0.1, 0.15) is 5.52 Å². The Morgan fingerprint density at radius 2 is 2.13 bits per heavy atom. The molecule has 2 aromatic rings. The quantitative estimate of drug-likeness (QED) is 0.914. The van der Waals surface area contributed by atoms with Crippen molar-refractivity contribution in [2.45, 2.75) is 38.0 Å². The van der Waals surface area contributed by atoms with Crippen LogP contribution in [0.15, 0.2) is 22.6 Å². The van der Waals surface area contributed by atoms with Crippen LogP contribution >= 0.6 is 0 Å². The number of piperidine rings is 1. The van der Waals surface area contributed by atoms with Crippen molar-refractivity contribution in [2.75, 3.05) is 18.4 Å². The van der Waals surface area contributed by atoms with Crippen molar-refractivity contribution in [3.63, 3.8) is 0 Å². The summed E-state index contributed by atoms with van der Waals surface area (Å²) in [5, 5.41) is 6.45. The van der Waals surface area contributed by atoms with Gasteiger partial charge >= 0.3 is 0 Å². The standard InChI is InChI=1S/C18H21N3O2/c22-16(13-10-18(13)5-7-19-8-6-18)20-12-3-4-14-15(9-12)23-17(21-14)11-1-2-11/h3-4,9,11,13,19H,1-2,5-8,10H2,(H,20,22). The van der Waals surface area contributed by atoms with Crippen molar-refractivity contribution in [1.29, 1.82) is 0 Å². The third-order valence-corrected chi connectivity index (χ3v) is 5.70. The number of carbonyl (C=O) groups excluding carboxylic acids is 1. The van der Waals surface area contributed by atoms with Crippen molar-refractivity contribution in [1.82, 2.24) is 10.3 Å². The Balaban J connectivity index is 1.32. The van der Waals surface area contributed by atoms with Crippen LogP contribution < -0.4 is 10.6 Å². The lowest BCUT2D eigenvalue weighted by Crippen LogP contribution is -2.31. The van der Waals surface area contributed by atoms with Crippen molar-refractivity contribution in [2.24, 2.45) is 11.3 Å². The number of hydrogen-bond donors (Lipinski definition) is 2. The van der Waals surface area contributed by atoms with Crippen LogP contribution in [0.4, 0.5) is 5.69 Å². The first-order valence-electron chi connectivity index (χ1n) is 8.66. The summed E-state index contributed by atoms with van der Waals surface area (Å²) in [6, 6.07) is 5.77. The van der Waals surface area contributed by atoms with E-state index >= 15 is 0 Å². The van der Waals surface area contributed by atoms with Gasteiger partial charge in [-0.15, -0.1) is 0 Å². The molecular weight excluding hydrogens is 290 g/mol. The fourth-order valence-corrected chi connectivity index (χ4v) is 3.95. The van der Waals surface area contributed by atoms with E-state index < -0.39 is 0 Å². The van der Waals surface area contributed by atoms with Crippen LogP contribution in [0.25, 0.3) is 11.1 Å². The fourth-order valence-electron chi connectivity index (χ4n) is 3.95. The van der Waals surface area contributed by atoms with E-state index in [2.05, 4.69) is 15.6 Å². The number of benzene rings is 1. The highest BCUT2D eigenvalue weighted by Gasteiger charge is 2.57. The van der Waals surface area contributed by atoms with Crippen LogP contribution in [-0.4, -0.2) is 24.0 Å². The van der Waals surface area contributed by atoms with Gasteiger partial charge in [0, 0.05) is 23.6 Å². The van der Waals surface area contributed by atoms with Crippen LogP contribution in [0.1, 0.15) is 43.9 Å². The molecule has 3 aliphatic rings. The Kier molecular flexibility index (Phi) is 2.83. The minimum atomic E-state index is 0.160. The molecule has 5 rings (SSSR count). The second-order valence-electron chi connectivity index (χ2n) is 7.37. The number of nitrogens with zero attached hydrogens (tertiary/aromatic N) is 1. The van der Waals surface area contributed by atoms with E-state index in [4.69, 9.17) is 4.42 Å². The second-order valence-corrected chi connectivity index (χ2v) is 7.37. The number of fused-ring (bicyclic) bond motifs is 1. The maximum absolute atomic E-state index is 12.5. The molecule has 1 aromatic heterocycles. The molecule has 1 aliphatic heterocycles. The third kappa shape index (κ3) is 2.34. The Morgan fingerprint density at radius 1 is 1.30 bits per heavy atom. The molecule has 0 bridgehead atoms. The van der Waals surface area contributed by atoms with Crippen LogP contribution in [0.5, 0.6) is 0 Å². The highest BCUT2D eigenvalue weighted by Crippen LogP contribution is 2.58. The van der Waals surface area contributed by atoms with E-state index in [-0.39, 0.29) is 17.2 Å². The van der Waals surface area contributed by atoms with Crippen LogP contribution in [0.2, 0.25) is 0 Å². The molecule has 2 aliphatic carbocycles. The van der Waals surface area contributed by atoms with Gasteiger partial charge in [0.2, 0.25) is 5.91 Å². The van der Waals surface area contributed by atoms with Crippen molar-refractivity contribution >= 4 is 22.7 Å². The van der Waals surface area contributed by atoms with Crippen molar-refractivity contribution in [3.8, 4) is 0 Å². The average molecular weight is 311 g/mol. The maximum atomic E-state index is 12.5. The monoisotopic (exact) mass is 311 g/mol. The van der Waals surface area contributed by atoms with Gasteiger partial charge < -0.3 is 15.1 Å². The van der Waals surface area contributed by atoms with Gasteiger partial charge in [-0.1, -0.05) is 0 Å². The largest absolute Gasteiger partial charge is 0.440 e. The molecule has 2 N–H and O–H groups in total. The number of anilines is 1. The highest BCUT2D eigenvalue weighted by molar-refractivity contribution is 5.96. The lowest BCUT2D eigenvalue weighted by molar-refractivity contribution is -0.118. The number of carbonyl (C=O) groups is 1. The van der Waals surface area contributed by atoms with Gasteiger partial charge in [0.15, 0.2) is 11.5 Å². The summed E-state index contributed by atoms with van der Waals surface area (Å²) in [6.45, 7) is 2.08. The maximum Gasteiger partial charge on any atom is 0.228 e. The molecule has 1 aromatic carbocycles. The number of oxazole rings is 1. The number of aromatic nitrogens is 1. The predicted octanol–water partition coefficient (Wildman–Crippen LogP) is 3.03.